The standard InChI is InChI=1S/C11H14N6O/c1-17-6-8(5-12-17)10(18)14-11-13-9(15-16-11)7-3-2-4-7/h5-7H,2-4H2,1H3,(H2,13,14,15,16,18). The van der Waals surface area contributed by atoms with Crippen LogP contribution in [0.15, 0.2) is 12.4 Å². The highest BCUT2D eigenvalue weighted by Gasteiger charge is 2.23. The minimum absolute atomic E-state index is 0.248. The number of nitrogens with one attached hydrogen (secondary N) is 2. The Hall–Kier alpha value is -2.18. The summed E-state index contributed by atoms with van der Waals surface area (Å²) in [6.45, 7) is 0. The molecule has 0 bridgehead atoms. The first-order valence-corrected chi connectivity index (χ1v) is 5.94. The topological polar surface area (TPSA) is 88.5 Å². The van der Waals surface area contributed by atoms with Gasteiger partial charge in [-0.3, -0.25) is 19.9 Å². The molecule has 1 fully saturated rings. The maximum atomic E-state index is 11.8. The molecule has 94 valence electrons. The number of aryl methyl sites for hydroxylation is 1. The molecule has 1 amide bonds. The van der Waals surface area contributed by atoms with Crippen LogP contribution in [-0.2, 0) is 7.05 Å². The quantitative estimate of drug-likeness (QED) is 0.847. The van der Waals surface area contributed by atoms with Gasteiger partial charge in [0.2, 0.25) is 5.95 Å². The van der Waals surface area contributed by atoms with Crippen LogP contribution in [0.4, 0.5) is 5.95 Å². The normalized spacial score (nSPS) is 15.4. The average Bonchev–Trinajstić information content (AvgIpc) is 2.85. The summed E-state index contributed by atoms with van der Waals surface area (Å²) in [5.74, 6) is 1.41. The molecule has 0 unspecified atom stereocenters. The van der Waals surface area contributed by atoms with Crippen molar-refractivity contribution in [3.8, 4) is 0 Å². The van der Waals surface area contributed by atoms with Crippen molar-refractivity contribution >= 4 is 11.9 Å². The molecule has 3 rings (SSSR count). The van der Waals surface area contributed by atoms with Crippen LogP contribution in [0.2, 0.25) is 0 Å². The highest BCUT2D eigenvalue weighted by molar-refractivity contribution is 6.02. The second-order valence-electron chi connectivity index (χ2n) is 4.53. The smallest absolute Gasteiger partial charge is 0.261 e. The van der Waals surface area contributed by atoms with Gasteiger partial charge in [0.15, 0.2) is 0 Å². The van der Waals surface area contributed by atoms with Crippen LogP contribution in [-0.4, -0.2) is 30.9 Å². The van der Waals surface area contributed by atoms with Gasteiger partial charge < -0.3 is 0 Å². The zero-order valence-corrected chi connectivity index (χ0v) is 10.1. The van der Waals surface area contributed by atoms with Crippen LogP contribution in [0.3, 0.4) is 0 Å². The predicted molar refractivity (Wildman–Crippen MR) is 64.1 cm³/mol. The number of hydrogen-bond acceptors (Lipinski definition) is 4. The summed E-state index contributed by atoms with van der Waals surface area (Å²) in [6, 6.07) is 0. The van der Waals surface area contributed by atoms with Crippen molar-refractivity contribution in [1.29, 1.82) is 0 Å². The zero-order valence-electron chi connectivity index (χ0n) is 10.1. The molecular weight excluding hydrogens is 232 g/mol. The van der Waals surface area contributed by atoms with Crippen LogP contribution in [0.5, 0.6) is 0 Å². The van der Waals surface area contributed by atoms with Gasteiger partial charge in [-0.25, -0.2) is 0 Å². The van der Waals surface area contributed by atoms with Gasteiger partial charge in [-0.1, -0.05) is 6.42 Å². The Labute approximate surface area is 104 Å². The lowest BCUT2D eigenvalue weighted by Crippen LogP contribution is -2.13. The molecule has 0 aromatic carbocycles. The third kappa shape index (κ3) is 1.99. The molecular formula is C11H14N6O. The van der Waals surface area contributed by atoms with Gasteiger partial charge >= 0.3 is 0 Å². The molecule has 0 spiro atoms. The van der Waals surface area contributed by atoms with E-state index in [9.17, 15) is 4.79 Å². The molecule has 1 saturated carbocycles. The van der Waals surface area contributed by atoms with Crippen molar-refractivity contribution in [2.45, 2.75) is 25.2 Å². The van der Waals surface area contributed by atoms with Gasteiger partial charge in [0.25, 0.3) is 5.91 Å². The molecule has 0 aliphatic heterocycles. The third-order valence-electron chi connectivity index (χ3n) is 3.19. The van der Waals surface area contributed by atoms with Gasteiger partial charge in [-0.2, -0.15) is 10.1 Å². The Morgan fingerprint density at radius 2 is 2.39 bits per heavy atom. The molecule has 1 aliphatic rings. The number of aromatic amines is 1. The second-order valence-corrected chi connectivity index (χ2v) is 4.53. The molecule has 7 nitrogen and oxygen atoms in total. The van der Waals surface area contributed by atoms with E-state index in [1.54, 1.807) is 17.9 Å². The first kappa shape index (κ1) is 10.9. The molecule has 2 aromatic rings. The van der Waals surface area contributed by atoms with Gasteiger partial charge in [-0.05, 0) is 12.8 Å². The maximum absolute atomic E-state index is 11.8. The van der Waals surface area contributed by atoms with Crippen LogP contribution in [0.1, 0.15) is 41.4 Å². The molecule has 0 atom stereocenters. The largest absolute Gasteiger partial charge is 0.289 e. The lowest BCUT2D eigenvalue weighted by Gasteiger charge is -2.22. The summed E-state index contributed by atoms with van der Waals surface area (Å²) in [7, 11) is 1.76. The number of carbonyl (C=O) groups is 1. The Morgan fingerprint density at radius 1 is 1.56 bits per heavy atom. The number of carbonyl (C=O) groups excluding carboxylic acids is 1. The molecule has 2 N–H and O–H groups in total. The van der Waals surface area contributed by atoms with Gasteiger partial charge in [-0.15, -0.1) is 5.10 Å². The average molecular weight is 246 g/mol. The number of hydrogen-bond donors (Lipinski definition) is 2. The molecule has 1 aliphatic carbocycles. The van der Waals surface area contributed by atoms with E-state index in [4.69, 9.17) is 0 Å². The summed E-state index contributed by atoms with van der Waals surface area (Å²) >= 11 is 0. The van der Waals surface area contributed by atoms with Gasteiger partial charge in [0.1, 0.15) is 5.82 Å². The van der Waals surface area contributed by atoms with Crippen LogP contribution in [0, 0.1) is 0 Å². The lowest BCUT2D eigenvalue weighted by molar-refractivity contribution is 0.102. The number of rotatable bonds is 3. The van der Waals surface area contributed by atoms with E-state index in [1.165, 1.54) is 12.6 Å². The SMILES string of the molecule is Cn1cc(C(=O)Nc2n[nH]c(C3CCC3)n2)cn1. The highest BCUT2D eigenvalue weighted by Crippen LogP contribution is 2.34. The van der Waals surface area contributed by atoms with Gasteiger partial charge in [0.05, 0.1) is 11.8 Å². The van der Waals surface area contributed by atoms with Crippen molar-refractivity contribution < 1.29 is 4.79 Å². The molecule has 18 heavy (non-hydrogen) atoms. The molecule has 2 aromatic heterocycles. The first-order valence-electron chi connectivity index (χ1n) is 5.94. The number of nitrogens with zero attached hydrogens (tertiary/aromatic N) is 4. The molecule has 7 heteroatoms. The number of amides is 1. The summed E-state index contributed by atoms with van der Waals surface area (Å²) < 4.78 is 1.58. The molecule has 0 radical (unpaired) electrons. The van der Waals surface area contributed by atoms with E-state index in [0.717, 1.165) is 18.7 Å². The Balaban J connectivity index is 1.68. The molecule has 2 heterocycles. The summed E-state index contributed by atoms with van der Waals surface area (Å²) in [4.78, 5) is 16.1. The number of aromatic nitrogens is 5. The van der Waals surface area contributed by atoms with E-state index >= 15 is 0 Å². The van der Waals surface area contributed by atoms with Crippen LogP contribution >= 0.6 is 0 Å². The van der Waals surface area contributed by atoms with E-state index in [-0.39, 0.29) is 5.91 Å². The van der Waals surface area contributed by atoms with Crippen molar-refractivity contribution in [2.75, 3.05) is 5.32 Å². The Morgan fingerprint density at radius 3 is 3.00 bits per heavy atom. The fraction of sp³-hybridized carbons (Fsp3) is 0.455. The summed E-state index contributed by atoms with van der Waals surface area (Å²) in [5, 5.41) is 13.5. The maximum Gasteiger partial charge on any atom is 0.261 e. The van der Waals surface area contributed by atoms with E-state index in [2.05, 4.69) is 25.6 Å². The zero-order chi connectivity index (χ0) is 12.5. The van der Waals surface area contributed by atoms with Crippen molar-refractivity contribution in [2.24, 2.45) is 7.05 Å². The minimum Gasteiger partial charge on any atom is -0.289 e. The fourth-order valence-electron chi connectivity index (χ4n) is 1.91. The first-order chi connectivity index (χ1) is 8.72. The highest BCUT2D eigenvalue weighted by atomic mass is 16.1. The van der Waals surface area contributed by atoms with Crippen molar-refractivity contribution in [3.05, 3.63) is 23.8 Å². The van der Waals surface area contributed by atoms with Crippen LogP contribution in [0.25, 0.3) is 0 Å². The van der Waals surface area contributed by atoms with Crippen LogP contribution < -0.4 is 5.32 Å². The lowest BCUT2D eigenvalue weighted by atomic mass is 9.85. The van der Waals surface area contributed by atoms with Gasteiger partial charge in [0, 0.05) is 19.2 Å². The van der Waals surface area contributed by atoms with E-state index in [1.807, 2.05) is 0 Å². The third-order valence-corrected chi connectivity index (χ3v) is 3.19. The van der Waals surface area contributed by atoms with E-state index < -0.39 is 0 Å². The monoisotopic (exact) mass is 246 g/mol. The number of anilines is 1. The number of H-pyrrole nitrogens is 1. The Bertz CT molecular complexity index is 568. The summed E-state index contributed by atoms with van der Waals surface area (Å²) in [6.07, 6.45) is 6.68. The second kappa shape index (κ2) is 4.25. The van der Waals surface area contributed by atoms with Crippen molar-refractivity contribution in [1.82, 2.24) is 25.0 Å². The Kier molecular flexibility index (Phi) is 2.58. The summed E-state index contributed by atoms with van der Waals surface area (Å²) in [5.41, 5.74) is 0.493. The molecule has 0 saturated heterocycles. The minimum atomic E-state index is -0.248. The van der Waals surface area contributed by atoms with Crippen molar-refractivity contribution in [3.63, 3.8) is 0 Å². The van der Waals surface area contributed by atoms with E-state index in [0.29, 0.717) is 17.4 Å². The predicted octanol–water partition coefficient (Wildman–Crippen LogP) is 1.06. The fourth-order valence-corrected chi connectivity index (χ4v) is 1.91.